The lowest BCUT2D eigenvalue weighted by atomic mass is 9.71. The number of fused-ring (bicyclic) bond motifs is 3. The summed E-state index contributed by atoms with van der Waals surface area (Å²) in [7, 11) is 3.25. The zero-order valence-corrected chi connectivity index (χ0v) is 23.4. The SMILES string of the molecule is COC(=O)N1CCc2ccc3c(nc(C4CCC(C(=O)O)CC4)n3[C@H](C)CC3(C)CCC(OC)CC3)c2C1. The van der Waals surface area contributed by atoms with Crippen molar-refractivity contribution < 1.29 is 24.2 Å². The molecule has 38 heavy (non-hydrogen) atoms. The number of nitrogens with zero attached hydrogens (tertiary/aromatic N) is 3. The summed E-state index contributed by atoms with van der Waals surface area (Å²) in [6, 6.07) is 4.70. The fourth-order valence-electron chi connectivity index (χ4n) is 7.38. The van der Waals surface area contributed by atoms with E-state index in [1.165, 1.54) is 12.7 Å². The van der Waals surface area contributed by atoms with Crippen molar-refractivity contribution in [3.63, 3.8) is 0 Å². The van der Waals surface area contributed by atoms with E-state index in [2.05, 4.69) is 30.5 Å². The number of aromatic nitrogens is 2. The number of methoxy groups -OCH3 is 2. The number of aliphatic carboxylic acids is 1. The van der Waals surface area contributed by atoms with Crippen LogP contribution in [0.3, 0.4) is 0 Å². The normalized spacial score (nSPS) is 28.6. The molecular formula is C30H43N3O5. The van der Waals surface area contributed by atoms with Gasteiger partial charge in [0.05, 0.1) is 36.7 Å². The number of carboxylic acids is 1. The van der Waals surface area contributed by atoms with Gasteiger partial charge >= 0.3 is 12.1 Å². The molecule has 2 saturated carbocycles. The van der Waals surface area contributed by atoms with E-state index in [1.807, 2.05) is 7.11 Å². The predicted molar refractivity (Wildman–Crippen MR) is 145 cm³/mol. The van der Waals surface area contributed by atoms with Crippen LogP contribution in [0.15, 0.2) is 12.1 Å². The van der Waals surface area contributed by atoms with Crippen LogP contribution in [0.25, 0.3) is 11.0 Å². The molecule has 1 atom stereocenters. The number of benzene rings is 1. The van der Waals surface area contributed by atoms with E-state index >= 15 is 0 Å². The van der Waals surface area contributed by atoms with Gasteiger partial charge in [-0.2, -0.15) is 0 Å². The van der Waals surface area contributed by atoms with Crippen molar-refractivity contribution in [1.82, 2.24) is 14.5 Å². The van der Waals surface area contributed by atoms with Crippen molar-refractivity contribution >= 4 is 23.1 Å². The number of ether oxygens (including phenoxy) is 2. The van der Waals surface area contributed by atoms with Gasteiger partial charge in [-0.1, -0.05) is 13.0 Å². The lowest BCUT2D eigenvalue weighted by Gasteiger charge is -2.39. The molecule has 0 saturated heterocycles. The quantitative estimate of drug-likeness (QED) is 0.492. The van der Waals surface area contributed by atoms with Gasteiger partial charge in [0.1, 0.15) is 5.82 Å². The fourth-order valence-corrected chi connectivity index (χ4v) is 7.38. The summed E-state index contributed by atoms with van der Waals surface area (Å²) in [6.07, 6.45) is 9.54. The Morgan fingerprint density at radius 1 is 1.13 bits per heavy atom. The minimum atomic E-state index is -0.679. The lowest BCUT2D eigenvalue weighted by Crippen LogP contribution is -2.35. The molecular weight excluding hydrogens is 482 g/mol. The van der Waals surface area contributed by atoms with Crippen LogP contribution in [0.4, 0.5) is 4.79 Å². The van der Waals surface area contributed by atoms with Gasteiger partial charge < -0.3 is 24.0 Å². The van der Waals surface area contributed by atoms with Crippen LogP contribution < -0.4 is 0 Å². The second kappa shape index (κ2) is 10.9. The molecule has 0 spiro atoms. The van der Waals surface area contributed by atoms with Gasteiger partial charge in [0.25, 0.3) is 0 Å². The standard InChI is InChI=1S/C30H43N3O5/c1-19(17-30(2)14-11-23(37-3)12-15-30)33-25-10-9-20-13-16-32(29(36)38-4)18-24(20)26(25)31-27(33)21-5-7-22(8-6-21)28(34)35/h9-10,19,21-23H,5-8,11-18H2,1-4H3,(H,34,35)/t19-,21?,22?,23?,30?/m1/s1. The summed E-state index contributed by atoms with van der Waals surface area (Å²) < 4.78 is 13.1. The minimum Gasteiger partial charge on any atom is -0.481 e. The highest BCUT2D eigenvalue weighted by Gasteiger charge is 2.36. The van der Waals surface area contributed by atoms with Crippen LogP contribution >= 0.6 is 0 Å². The molecule has 8 heteroatoms. The van der Waals surface area contributed by atoms with E-state index in [1.54, 1.807) is 4.90 Å². The van der Waals surface area contributed by atoms with E-state index in [9.17, 15) is 14.7 Å². The Morgan fingerprint density at radius 2 is 1.84 bits per heavy atom. The second-order valence-electron chi connectivity index (χ2n) is 12.2. The van der Waals surface area contributed by atoms with Crippen molar-refractivity contribution in [2.24, 2.45) is 11.3 Å². The Labute approximate surface area is 225 Å². The Hall–Kier alpha value is -2.61. The average molecular weight is 526 g/mol. The van der Waals surface area contributed by atoms with E-state index < -0.39 is 5.97 Å². The summed E-state index contributed by atoms with van der Waals surface area (Å²) in [5.74, 6) is 0.405. The summed E-state index contributed by atoms with van der Waals surface area (Å²) >= 11 is 0. The van der Waals surface area contributed by atoms with Crippen molar-refractivity contribution in [2.75, 3.05) is 20.8 Å². The molecule has 1 N–H and O–H groups in total. The summed E-state index contributed by atoms with van der Waals surface area (Å²) in [5.41, 5.74) is 4.75. The fraction of sp³-hybridized carbons (Fsp3) is 0.700. The van der Waals surface area contributed by atoms with Crippen LogP contribution in [0.2, 0.25) is 0 Å². The van der Waals surface area contributed by atoms with Crippen LogP contribution in [0.5, 0.6) is 0 Å². The first-order chi connectivity index (χ1) is 18.2. The first-order valence-corrected chi connectivity index (χ1v) is 14.3. The maximum Gasteiger partial charge on any atom is 0.409 e. The second-order valence-corrected chi connectivity index (χ2v) is 12.2. The van der Waals surface area contributed by atoms with Gasteiger partial charge in [-0.15, -0.1) is 0 Å². The molecule has 2 heterocycles. The molecule has 2 aliphatic carbocycles. The highest BCUT2D eigenvalue weighted by Crippen LogP contribution is 2.45. The Morgan fingerprint density at radius 3 is 2.47 bits per heavy atom. The van der Waals surface area contributed by atoms with E-state index in [0.717, 1.165) is 73.8 Å². The van der Waals surface area contributed by atoms with Gasteiger partial charge in [-0.3, -0.25) is 4.79 Å². The van der Waals surface area contributed by atoms with Gasteiger partial charge in [-0.25, -0.2) is 9.78 Å². The zero-order valence-electron chi connectivity index (χ0n) is 23.4. The van der Waals surface area contributed by atoms with E-state index in [-0.39, 0.29) is 29.4 Å². The predicted octanol–water partition coefficient (Wildman–Crippen LogP) is 6.07. The van der Waals surface area contributed by atoms with Crippen LogP contribution in [0, 0.1) is 11.3 Å². The third-order valence-corrected chi connectivity index (χ3v) is 9.67. The molecule has 1 aliphatic heterocycles. The molecule has 0 bridgehead atoms. The highest BCUT2D eigenvalue weighted by molar-refractivity contribution is 5.82. The smallest absolute Gasteiger partial charge is 0.409 e. The summed E-state index contributed by atoms with van der Waals surface area (Å²) in [5, 5.41) is 9.55. The van der Waals surface area contributed by atoms with E-state index in [4.69, 9.17) is 14.5 Å². The molecule has 1 aromatic carbocycles. The molecule has 1 amide bonds. The van der Waals surface area contributed by atoms with Crippen molar-refractivity contribution in [1.29, 1.82) is 0 Å². The summed E-state index contributed by atoms with van der Waals surface area (Å²) in [4.78, 5) is 31.0. The number of carbonyl (C=O) groups is 2. The summed E-state index contributed by atoms with van der Waals surface area (Å²) in [6.45, 7) is 5.89. The lowest BCUT2D eigenvalue weighted by molar-refractivity contribution is -0.142. The Kier molecular flexibility index (Phi) is 7.72. The molecule has 8 nitrogen and oxygen atoms in total. The van der Waals surface area contributed by atoms with Crippen molar-refractivity contribution in [2.45, 2.75) is 103 Å². The molecule has 3 aliphatic rings. The van der Waals surface area contributed by atoms with Gasteiger partial charge in [0, 0.05) is 31.2 Å². The molecule has 0 unspecified atom stereocenters. The van der Waals surface area contributed by atoms with Crippen LogP contribution in [0.1, 0.15) is 101 Å². The number of hydrogen-bond donors (Lipinski definition) is 1. The Balaban J connectivity index is 1.51. The number of rotatable bonds is 6. The molecule has 208 valence electrons. The topological polar surface area (TPSA) is 93.9 Å². The number of carbonyl (C=O) groups excluding carboxylic acids is 1. The zero-order chi connectivity index (χ0) is 27.0. The minimum absolute atomic E-state index is 0.244. The van der Waals surface area contributed by atoms with Crippen LogP contribution in [-0.4, -0.2) is 58.5 Å². The molecule has 2 fully saturated rings. The van der Waals surface area contributed by atoms with Gasteiger partial charge in [0.2, 0.25) is 0 Å². The first kappa shape index (κ1) is 27.0. The maximum absolute atomic E-state index is 12.3. The highest BCUT2D eigenvalue weighted by atomic mass is 16.5. The third kappa shape index (κ3) is 5.16. The number of amides is 1. The number of carboxylic acid groups (broad SMARTS) is 1. The van der Waals surface area contributed by atoms with Gasteiger partial charge in [-0.05, 0) is 88.2 Å². The average Bonchev–Trinajstić information content (AvgIpc) is 3.33. The van der Waals surface area contributed by atoms with Gasteiger partial charge in [0.15, 0.2) is 0 Å². The molecule has 0 radical (unpaired) electrons. The van der Waals surface area contributed by atoms with E-state index in [0.29, 0.717) is 32.0 Å². The Bertz CT molecular complexity index is 1170. The monoisotopic (exact) mass is 525 g/mol. The van der Waals surface area contributed by atoms with Crippen molar-refractivity contribution in [3.8, 4) is 0 Å². The largest absolute Gasteiger partial charge is 0.481 e. The first-order valence-electron chi connectivity index (χ1n) is 14.3. The van der Waals surface area contributed by atoms with Crippen molar-refractivity contribution in [3.05, 3.63) is 29.1 Å². The van der Waals surface area contributed by atoms with Crippen LogP contribution in [-0.2, 0) is 27.2 Å². The molecule has 2 aromatic rings. The third-order valence-electron chi connectivity index (χ3n) is 9.67. The molecule has 5 rings (SSSR count). The number of imidazole rings is 1. The molecule has 1 aromatic heterocycles. The maximum atomic E-state index is 12.3. The number of hydrogen-bond acceptors (Lipinski definition) is 5.